The van der Waals surface area contributed by atoms with Crippen LogP contribution in [0.1, 0.15) is 11.1 Å². The monoisotopic (exact) mass is 230 g/mol. The van der Waals surface area contributed by atoms with E-state index in [2.05, 4.69) is 4.98 Å². The smallest absolute Gasteiger partial charge is 0.383 e. The molecule has 0 amide bonds. The van der Waals surface area contributed by atoms with E-state index in [1.54, 1.807) is 0 Å². The van der Waals surface area contributed by atoms with Gasteiger partial charge in [0.1, 0.15) is 11.4 Å². The number of aromatic nitrogens is 1. The highest BCUT2D eigenvalue weighted by Gasteiger charge is 2.45. The molecule has 0 atom stereocenters. The number of halogens is 6. The number of nitrogen functional groups attached to an aromatic ring is 1. The maximum absolute atomic E-state index is 12.2. The van der Waals surface area contributed by atoms with Crippen molar-refractivity contribution < 1.29 is 26.3 Å². The third-order valence-corrected chi connectivity index (χ3v) is 1.57. The zero-order valence-electron chi connectivity index (χ0n) is 6.95. The van der Waals surface area contributed by atoms with Crippen molar-refractivity contribution in [1.82, 2.24) is 4.98 Å². The third kappa shape index (κ3) is 2.31. The minimum Gasteiger partial charge on any atom is -0.383 e. The van der Waals surface area contributed by atoms with Crippen LogP contribution in [0, 0.1) is 0 Å². The van der Waals surface area contributed by atoms with Crippen molar-refractivity contribution in [1.29, 1.82) is 0 Å². The van der Waals surface area contributed by atoms with Crippen molar-refractivity contribution in [3.8, 4) is 0 Å². The second-order valence-electron chi connectivity index (χ2n) is 2.61. The van der Waals surface area contributed by atoms with Gasteiger partial charge in [0.15, 0.2) is 0 Å². The number of anilines is 1. The van der Waals surface area contributed by atoms with Gasteiger partial charge >= 0.3 is 12.4 Å². The van der Waals surface area contributed by atoms with Gasteiger partial charge in [-0.2, -0.15) is 26.3 Å². The molecule has 1 rings (SSSR count). The molecule has 84 valence electrons. The number of rotatable bonds is 0. The number of hydrogen-bond acceptors (Lipinski definition) is 2. The van der Waals surface area contributed by atoms with Crippen molar-refractivity contribution in [2.75, 3.05) is 5.73 Å². The Bertz CT molecular complexity index is 367. The van der Waals surface area contributed by atoms with Crippen LogP contribution in [0.5, 0.6) is 0 Å². The second kappa shape index (κ2) is 3.28. The van der Waals surface area contributed by atoms with Crippen LogP contribution in [0.3, 0.4) is 0 Å². The molecule has 8 heteroatoms. The summed E-state index contributed by atoms with van der Waals surface area (Å²) in [5, 5.41) is 0. The Morgan fingerprint density at radius 1 is 1.00 bits per heavy atom. The van der Waals surface area contributed by atoms with Crippen LogP contribution in [0.15, 0.2) is 12.3 Å². The van der Waals surface area contributed by atoms with Gasteiger partial charge < -0.3 is 5.73 Å². The van der Waals surface area contributed by atoms with Gasteiger partial charge in [-0.3, -0.25) is 0 Å². The first-order valence-corrected chi connectivity index (χ1v) is 3.53. The van der Waals surface area contributed by atoms with Crippen molar-refractivity contribution in [2.24, 2.45) is 0 Å². The largest absolute Gasteiger partial charge is 0.420 e. The Morgan fingerprint density at radius 2 is 1.53 bits per heavy atom. The Labute approximate surface area is 79.7 Å². The molecule has 0 bridgehead atoms. The lowest BCUT2D eigenvalue weighted by Crippen LogP contribution is -2.19. The van der Waals surface area contributed by atoms with Crippen LogP contribution in [-0.4, -0.2) is 4.98 Å². The summed E-state index contributed by atoms with van der Waals surface area (Å²) >= 11 is 0. The molecule has 1 aromatic heterocycles. The van der Waals surface area contributed by atoms with Gasteiger partial charge in [-0.25, -0.2) is 4.98 Å². The van der Waals surface area contributed by atoms with Gasteiger partial charge in [-0.05, 0) is 6.07 Å². The van der Waals surface area contributed by atoms with E-state index in [-0.39, 0.29) is 6.07 Å². The molecule has 0 fully saturated rings. The Balaban J connectivity index is 3.48. The highest BCUT2D eigenvalue weighted by atomic mass is 19.4. The third-order valence-electron chi connectivity index (χ3n) is 1.57. The molecule has 2 nitrogen and oxygen atoms in total. The van der Waals surface area contributed by atoms with E-state index in [4.69, 9.17) is 5.73 Å². The molecule has 0 aliphatic heterocycles. The van der Waals surface area contributed by atoms with Crippen LogP contribution in [-0.2, 0) is 12.4 Å². The molecule has 0 saturated heterocycles. The first kappa shape index (κ1) is 11.6. The molecule has 15 heavy (non-hydrogen) atoms. The average molecular weight is 230 g/mol. The topological polar surface area (TPSA) is 38.9 Å². The Morgan fingerprint density at radius 3 is 1.87 bits per heavy atom. The van der Waals surface area contributed by atoms with E-state index in [1.165, 1.54) is 0 Å². The van der Waals surface area contributed by atoms with Gasteiger partial charge in [0.05, 0.1) is 5.56 Å². The van der Waals surface area contributed by atoms with E-state index in [9.17, 15) is 26.3 Å². The summed E-state index contributed by atoms with van der Waals surface area (Å²) in [6.45, 7) is 0. The molecule has 0 saturated carbocycles. The van der Waals surface area contributed by atoms with Gasteiger partial charge in [0, 0.05) is 6.20 Å². The first-order valence-electron chi connectivity index (χ1n) is 3.53. The maximum Gasteiger partial charge on any atom is 0.420 e. The van der Waals surface area contributed by atoms with Crippen LogP contribution in [0.4, 0.5) is 32.2 Å². The van der Waals surface area contributed by atoms with E-state index < -0.39 is 29.3 Å². The summed E-state index contributed by atoms with van der Waals surface area (Å²) in [4.78, 5) is 2.98. The van der Waals surface area contributed by atoms with Crippen LogP contribution in [0.2, 0.25) is 0 Å². The molecule has 0 radical (unpaired) electrons. The average Bonchev–Trinajstić information content (AvgIpc) is 1.99. The summed E-state index contributed by atoms with van der Waals surface area (Å²) < 4.78 is 73.2. The minimum absolute atomic E-state index is 0.235. The normalized spacial score (nSPS) is 12.9. The van der Waals surface area contributed by atoms with Gasteiger partial charge in [0.2, 0.25) is 0 Å². The molecular formula is C7H4F6N2. The number of hydrogen-bond donors (Lipinski definition) is 1. The Kier molecular flexibility index (Phi) is 2.54. The lowest BCUT2D eigenvalue weighted by Gasteiger charge is -2.15. The number of nitrogens with zero attached hydrogens (tertiary/aromatic N) is 1. The molecule has 2 N–H and O–H groups in total. The maximum atomic E-state index is 12.2. The Hall–Kier alpha value is -1.47. The minimum atomic E-state index is -5.18. The van der Waals surface area contributed by atoms with Crippen molar-refractivity contribution >= 4 is 5.82 Å². The summed E-state index contributed by atoms with van der Waals surface area (Å²) in [7, 11) is 0. The van der Waals surface area contributed by atoms with E-state index in [1.807, 2.05) is 0 Å². The summed E-state index contributed by atoms with van der Waals surface area (Å²) in [6.07, 6.45) is -9.71. The number of pyridine rings is 1. The summed E-state index contributed by atoms with van der Waals surface area (Å²) in [5.41, 5.74) is 0.995. The quantitative estimate of drug-likeness (QED) is 0.696. The number of nitrogens with two attached hydrogens (primary N) is 1. The molecule has 0 aliphatic rings. The molecule has 0 aliphatic carbocycles. The fourth-order valence-electron chi connectivity index (χ4n) is 1.01. The predicted octanol–water partition coefficient (Wildman–Crippen LogP) is 2.70. The van der Waals surface area contributed by atoms with Crippen LogP contribution >= 0.6 is 0 Å². The summed E-state index contributed by atoms with van der Waals surface area (Å²) in [5.74, 6) is -1.18. The molecule has 0 unspecified atom stereocenters. The van der Waals surface area contributed by atoms with Gasteiger partial charge in [-0.1, -0.05) is 0 Å². The second-order valence-corrected chi connectivity index (χ2v) is 2.61. The SMILES string of the molecule is Nc1nccc(C(F)(F)F)c1C(F)(F)F. The van der Waals surface area contributed by atoms with Crippen molar-refractivity contribution in [3.63, 3.8) is 0 Å². The molecule has 0 aromatic carbocycles. The van der Waals surface area contributed by atoms with Crippen LogP contribution < -0.4 is 5.73 Å². The molecular weight excluding hydrogens is 226 g/mol. The van der Waals surface area contributed by atoms with E-state index >= 15 is 0 Å². The zero-order chi connectivity index (χ0) is 11.9. The van der Waals surface area contributed by atoms with Crippen molar-refractivity contribution in [2.45, 2.75) is 12.4 Å². The van der Waals surface area contributed by atoms with Crippen LogP contribution in [0.25, 0.3) is 0 Å². The summed E-state index contributed by atoms with van der Waals surface area (Å²) in [6, 6.07) is 0.235. The molecule has 0 spiro atoms. The fraction of sp³-hybridized carbons (Fsp3) is 0.286. The number of alkyl halides is 6. The fourth-order valence-corrected chi connectivity index (χ4v) is 1.01. The van der Waals surface area contributed by atoms with E-state index in [0.717, 1.165) is 0 Å². The lowest BCUT2D eigenvalue weighted by atomic mass is 10.1. The van der Waals surface area contributed by atoms with Gasteiger partial charge in [-0.15, -0.1) is 0 Å². The highest BCUT2D eigenvalue weighted by Crippen LogP contribution is 2.41. The zero-order valence-corrected chi connectivity index (χ0v) is 6.95. The van der Waals surface area contributed by atoms with Crippen molar-refractivity contribution in [3.05, 3.63) is 23.4 Å². The first-order chi connectivity index (χ1) is 6.64. The molecule has 1 aromatic rings. The highest BCUT2D eigenvalue weighted by molar-refractivity contribution is 5.47. The predicted molar refractivity (Wildman–Crippen MR) is 38.7 cm³/mol. The lowest BCUT2D eigenvalue weighted by molar-refractivity contribution is -0.161. The van der Waals surface area contributed by atoms with E-state index in [0.29, 0.717) is 6.20 Å². The standard InChI is InChI=1S/C7H4F6N2/c8-6(9,10)3-1-2-15-5(14)4(3)7(11,12)13/h1-2H,(H2,14,15). The molecule has 1 heterocycles. The van der Waals surface area contributed by atoms with Gasteiger partial charge in [0.25, 0.3) is 0 Å².